The number of nitrogens with two attached hydrogens (primary N) is 1. The van der Waals surface area contributed by atoms with Gasteiger partial charge in [0, 0.05) is 9.92 Å². The Balaban J connectivity index is 2.07. The van der Waals surface area contributed by atoms with Gasteiger partial charge in [-0.05, 0) is 24.3 Å². The number of carbonyl (C=O) groups excluding carboxylic acids is 1. The van der Waals surface area contributed by atoms with Gasteiger partial charge in [-0.15, -0.1) is 11.8 Å². The summed E-state index contributed by atoms with van der Waals surface area (Å²) in [6.45, 7) is 0. The lowest BCUT2D eigenvalue weighted by Gasteiger charge is -2.02. The number of hydrogen-bond donors (Lipinski definition) is 2. The highest BCUT2D eigenvalue weighted by atomic mass is 35.5. The molecule has 0 spiro atoms. The van der Waals surface area contributed by atoms with E-state index in [1.54, 1.807) is 6.07 Å². The van der Waals surface area contributed by atoms with Gasteiger partial charge >= 0.3 is 0 Å². The maximum Gasteiger partial charge on any atom is 0.268 e. The average molecular weight is 283 g/mol. The van der Waals surface area contributed by atoms with Crippen LogP contribution in [0.4, 0.5) is 0 Å². The zero-order valence-electron chi connectivity index (χ0n) is 9.35. The van der Waals surface area contributed by atoms with Crippen molar-refractivity contribution < 1.29 is 9.21 Å². The molecule has 0 saturated carbocycles. The molecule has 2 rings (SSSR count). The Morgan fingerprint density at radius 3 is 3.00 bits per heavy atom. The van der Waals surface area contributed by atoms with Crippen molar-refractivity contribution in [1.82, 2.24) is 5.43 Å². The molecule has 0 fully saturated rings. The van der Waals surface area contributed by atoms with Crippen molar-refractivity contribution in [3.05, 3.63) is 52.9 Å². The highest BCUT2D eigenvalue weighted by Gasteiger charge is 2.13. The third-order valence-corrected chi connectivity index (χ3v) is 3.52. The topological polar surface area (TPSA) is 68.3 Å². The van der Waals surface area contributed by atoms with E-state index in [0.717, 1.165) is 4.90 Å². The third kappa shape index (κ3) is 3.07. The van der Waals surface area contributed by atoms with E-state index >= 15 is 0 Å². The van der Waals surface area contributed by atoms with Gasteiger partial charge < -0.3 is 4.42 Å². The van der Waals surface area contributed by atoms with E-state index in [-0.39, 0.29) is 5.91 Å². The monoisotopic (exact) mass is 282 g/mol. The van der Waals surface area contributed by atoms with E-state index in [0.29, 0.717) is 22.1 Å². The zero-order valence-corrected chi connectivity index (χ0v) is 10.9. The summed E-state index contributed by atoms with van der Waals surface area (Å²) >= 11 is 7.43. The molecule has 94 valence electrons. The molecule has 0 unspecified atom stereocenters. The maximum atomic E-state index is 11.4. The van der Waals surface area contributed by atoms with Crippen molar-refractivity contribution in [2.24, 2.45) is 5.84 Å². The minimum Gasteiger partial charge on any atom is -0.468 e. The van der Waals surface area contributed by atoms with Gasteiger partial charge in [-0.1, -0.05) is 17.7 Å². The summed E-state index contributed by atoms with van der Waals surface area (Å²) in [6.07, 6.45) is 1.47. The first-order chi connectivity index (χ1) is 8.70. The van der Waals surface area contributed by atoms with E-state index in [1.165, 1.54) is 18.0 Å². The molecule has 4 nitrogen and oxygen atoms in total. The van der Waals surface area contributed by atoms with Crippen LogP contribution in [0.5, 0.6) is 0 Å². The van der Waals surface area contributed by atoms with Crippen LogP contribution in [0.1, 0.15) is 16.1 Å². The van der Waals surface area contributed by atoms with Crippen LogP contribution < -0.4 is 11.3 Å². The third-order valence-electron chi connectivity index (χ3n) is 2.29. The van der Waals surface area contributed by atoms with Gasteiger partial charge in [0.15, 0.2) is 0 Å². The number of nitrogens with one attached hydrogen (secondary N) is 1. The van der Waals surface area contributed by atoms with E-state index in [1.807, 2.05) is 24.3 Å². The van der Waals surface area contributed by atoms with E-state index in [4.69, 9.17) is 21.9 Å². The fourth-order valence-electron chi connectivity index (χ4n) is 1.44. The number of furan rings is 1. The number of thioether (sulfide) groups is 1. The molecule has 2 aromatic rings. The van der Waals surface area contributed by atoms with Crippen LogP contribution in [0.3, 0.4) is 0 Å². The Hall–Kier alpha value is -1.43. The summed E-state index contributed by atoms with van der Waals surface area (Å²) in [5.41, 5.74) is 2.54. The molecule has 6 heteroatoms. The van der Waals surface area contributed by atoms with Gasteiger partial charge in [-0.2, -0.15) is 0 Å². The normalized spacial score (nSPS) is 10.3. The second-order valence-electron chi connectivity index (χ2n) is 3.48. The molecule has 0 aliphatic heterocycles. The number of amides is 1. The molecule has 0 aliphatic rings. The van der Waals surface area contributed by atoms with Gasteiger partial charge in [0.1, 0.15) is 5.76 Å². The Morgan fingerprint density at radius 1 is 1.44 bits per heavy atom. The summed E-state index contributed by atoms with van der Waals surface area (Å²) in [7, 11) is 0. The Morgan fingerprint density at radius 2 is 2.28 bits per heavy atom. The lowest BCUT2D eigenvalue weighted by atomic mass is 10.2. The highest BCUT2D eigenvalue weighted by molar-refractivity contribution is 7.98. The number of hydrazine groups is 1. The minimum atomic E-state index is -0.356. The molecule has 1 aromatic heterocycles. The van der Waals surface area contributed by atoms with Gasteiger partial charge in [0.05, 0.1) is 17.6 Å². The molecule has 1 heterocycles. The van der Waals surface area contributed by atoms with E-state index < -0.39 is 0 Å². The fourth-order valence-corrected chi connectivity index (χ4v) is 2.60. The SMILES string of the molecule is NNC(=O)c1ccoc1CSc1cccc(Cl)c1. The van der Waals surface area contributed by atoms with Crippen molar-refractivity contribution >= 4 is 29.3 Å². The number of rotatable bonds is 4. The molecule has 0 radical (unpaired) electrons. The summed E-state index contributed by atoms with van der Waals surface area (Å²) in [5, 5.41) is 0.680. The van der Waals surface area contributed by atoms with Crippen LogP contribution >= 0.6 is 23.4 Å². The van der Waals surface area contributed by atoms with Crippen molar-refractivity contribution in [3.63, 3.8) is 0 Å². The predicted octanol–water partition coefficient (Wildman–Crippen LogP) is 2.83. The van der Waals surface area contributed by atoms with Gasteiger partial charge in [-0.25, -0.2) is 5.84 Å². The molecule has 1 aromatic carbocycles. The second-order valence-corrected chi connectivity index (χ2v) is 4.96. The second kappa shape index (κ2) is 5.95. The molecule has 3 N–H and O–H groups in total. The van der Waals surface area contributed by atoms with Crippen molar-refractivity contribution in [1.29, 1.82) is 0 Å². The average Bonchev–Trinajstić information content (AvgIpc) is 2.84. The first kappa shape index (κ1) is 13.0. The Kier molecular flexibility index (Phi) is 4.30. The number of hydrogen-bond acceptors (Lipinski definition) is 4. The largest absolute Gasteiger partial charge is 0.468 e. The molecular weight excluding hydrogens is 272 g/mol. The van der Waals surface area contributed by atoms with Crippen LogP contribution in [-0.2, 0) is 5.75 Å². The molecule has 0 aliphatic carbocycles. The molecule has 0 atom stereocenters. The number of halogens is 1. The van der Waals surface area contributed by atoms with Crippen molar-refractivity contribution in [3.8, 4) is 0 Å². The fraction of sp³-hybridized carbons (Fsp3) is 0.0833. The quantitative estimate of drug-likeness (QED) is 0.392. The zero-order chi connectivity index (χ0) is 13.0. The van der Waals surface area contributed by atoms with Crippen molar-refractivity contribution in [2.75, 3.05) is 0 Å². The van der Waals surface area contributed by atoms with Gasteiger partial charge in [0.25, 0.3) is 5.91 Å². The van der Waals surface area contributed by atoms with E-state index in [9.17, 15) is 4.79 Å². The van der Waals surface area contributed by atoms with Crippen LogP contribution in [-0.4, -0.2) is 5.91 Å². The lowest BCUT2D eigenvalue weighted by Crippen LogP contribution is -2.30. The van der Waals surface area contributed by atoms with Crippen LogP contribution in [0.25, 0.3) is 0 Å². The number of carbonyl (C=O) groups is 1. The summed E-state index contributed by atoms with van der Waals surface area (Å²) in [5.74, 6) is 5.86. The summed E-state index contributed by atoms with van der Waals surface area (Å²) in [4.78, 5) is 12.4. The Labute approximate surface area is 113 Å². The molecule has 1 amide bonds. The molecular formula is C12H11ClN2O2S. The summed E-state index contributed by atoms with van der Waals surface area (Å²) in [6, 6.07) is 9.09. The van der Waals surface area contributed by atoms with Crippen LogP contribution in [0, 0.1) is 0 Å². The minimum absolute atomic E-state index is 0.356. The molecule has 18 heavy (non-hydrogen) atoms. The number of benzene rings is 1. The Bertz CT molecular complexity index is 557. The van der Waals surface area contributed by atoms with Crippen LogP contribution in [0.2, 0.25) is 5.02 Å². The first-order valence-corrected chi connectivity index (χ1v) is 6.52. The van der Waals surface area contributed by atoms with Gasteiger partial charge in [0.2, 0.25) is 0 Å². The maximum absolute atomic E-state index is 11.4. The lowest BCUT2D eigenvalue weighted by molar-refractivity contribution is 0.0952. The number of nitrogen functional groups attached to an aromatic ring is 1. The standard InChI is InChI=1S/C12H11ClN2O2S/c13-8-2-1-3-9(6-8)18-7-11-10(4-5-17-11)12(16)15-14/h1-6H,7,14H2,(H,15,16). The van der Waals surface area contributed by atoms with Gasteiger partial charge in [-0.3, -0.25) is 10.2 Å². The first-order valence-electron chi connectivity index (χ1n) is 5.16. The smallest absolute Gasteiger partial charge is 0.268 e. The predicted molar refractivity (Wildman–Crippen MR) is 71.4 cm³/mol. The van der Waals surface area contributed by atoms with Crippen LogP contribution in [0.15, 0.2) is 45.9 Å². The molecule has 0 bridgehead atoms. The molecule has 0 saturated heterocycles. The summed E-state index contributed by atoms with van der Waals surface area (Å²) < 4.78 is 5.27. The van der Waals surface area contributed by atoms with E-state index in [2.05, 4.69) is 5.43 Å². The van der Waals surface area contributed by atoms with Crippen molar-refractivity contribution in [2.45, 2.75) is 10.6 Å². The highest BCUT2D eigenvalue weighted by Crippen LogP contribution is 2.26.